The molecular weight excluding hydrogens is 200 g/mol. The minimum Gasteiger partial charge on any atom is -0.200 e. The highest BCUT2D eigenvalue weighted by Gasteiger charge is 2.01. The van der Waals surface area contributed by atoms with Gasteiger partial charge in [0.15, 0.2) is 5.65 Å². The van der Waals surface area contributed by atoms with Gasteiger partial charge in [0, 0.05) is 5.56 Å². The number of hydrogen-bond acceptors (Lipinski definition) is 3. The van der Waals surface area contributed by atoms with E-state index in [2.05, 4.69) is 46.5 Å². The third kappa shape index (κ3) is 1.44. The summed E-state index contributed by atoms with van der Waals surface area (Å²) in [6, 6.07) is 12.1. The second-order valence-corrected chi connectivity index (χ2v) is 3.72. The van der Waals surface area contributed by atoms with E-state index in [0.29, 0.717) is 0 Å². The molecule has 3 rings (SSSR count). The molecule has 0 spiro atoms. The molecule has 0 saturated carbocycles. The van der Waals surface area contributed by atoms with Crippen LogP contribution in [0.1, 0.15) is 5.56 Å². The molecule has 0 atom stereocenters. The fourth-order valence-corrected chi connectivity index (χ4v) is 1.61. The van der Waals surface area contributed by atoms with Crippen LogP contribution in [-0.2, 0) is 0 Å². The maximum atomic E-state index is 4.43. The summed E-state index contributed by atoms with van der Waals surface area (Å²) < 4.78 is 1.68. The summed E-state index contributed by atoms with van der Waals surface area (Å²) in [5.41, 5.74) is 4.03. The third-order valence-electron chi connectivity index (χ3n) is 2.51. The molecule has 1 aromatic carbocycles. The highest BCUT2D eigenvalue weighted by atomic mass is 15.3. The van der Waals surface area contributed by atoms with Gasteiger partial charge in [0.2, 0.25) is 0 Å². The summed E-state index contributed by atoms with van der Waals surface area (Å²) >= 11 is 0. The monoisotopic (exact) mass is 210 g/mol. The summed E-state index contributed by atoms with van der Waals surface area (Å²) in [6.07, 6.45) is 1.60. The van der Waals surface area contributed by atoms with E-state index < -0.39 is 0 Å². The van der Waals surface area contributed by atoms with Gasteiger partial charge in [-0.25, -0.2) is 0 Å². The van der Waals surface area contributed by atoms with Crippen molar-refractivity contribution in [3.8, 4) is 11.3 Å². The SMILES string of the molecule is Cc1ccc(-c2ccc3nncn3n2)cc1. The average molecular weight is 210 g/mol. The Kier molecular flexibility index (Phi) is 1.93. The molecule has 0 radical (unpaired) electrons. The molecule has 2 aromatic heterocycles. The highest BCUT2D eigenvalue weighted by molar-refractivity contribution is 5.60. The molecule has 0 unspecified atom stereocenters. The second-order valence-electron chi connectivity index (χ2n) is 3.72. The van der Waals surface area contributed by atoms with Crippen LogP contribution in [0.2, 0.25) is 0 Å². The van der Waals surface area contributed by atoms with Gasteiger partial charge in [-0.2, -0.15) is 9.61 Å². The van der Waals surface area contributed by atoms with E-state index in [1.807, 2.05) is 12.1 Å². The first-order valence-electron chi connectivity index (χ1n) is 5.07. The van der Waals surface area contributed by atoms with Gasteiger partial charge in [-0.3, -0.25) is 0 Å². The van der Waals surface area contributed by atoms with Crippen LogP contribution in [0.5, 0.6) is 0 Å². The number of benzene rings is 1. The number of hydrogen-bond donors (Lipinski definition) is 0. The third-order valence-corrected chi connectivity index (χ3v) is 2.51. The molecule has 16 heavy (non-hydrogen) atoms. The van der Waals surface area contributed by atoms with E-state index in [-0.39, 0.29) is 0 Å². The lowest BCUT2D eigenvalue weighted by Gasteiger charge is -2.01. The van der Waals surface area contributed by atoms with Crippen LogP contribution in [0.4, 0.5) is 0 Å². The van der Waals surface area contributed by atoms with Crippen LogP contribution in [0.25, 0.3) is 16.9 Å². The molecule has 0 aliphatic heterocycles. The molecule has 4 nitrogen and oxygen atoms in total. The van der Waals surface area contributed by atoms with Gasteiger partial charge in [-0.1, -0.05) is 29.8 Å². The largest absolute Gasteiger partial charge is 0.200 e. The maximum Gasteiger partial charge on any atom is 0.177 e. The first kappa shape index (κ1) is 9.03. The van der Waals surface area contributed by atoms with Crippen LogP contribution < -0.4 is 0 Å². The molecule has 0 bridgehead atoms. The van der Waals surface area contributed by atoms with Crippen molar-refractivity contribution in [2.24, 2.45) is 0 Å². The van der Waals surface area contributed by atoms with Gasteiger partial charge in [0.25, 0.3) is 0 Å². The smallest absolute Gasteiger partial charge is 0.177 e. The van der Waals surface area contributed by atoms with Crippen LogP contribution in [0, 0.1) is 6.92 Å². The second kappa shape index (κ2) is 3.41. The fraction of sp³-hybridized carbons (Fsp3) is 0.0833. The first-order valence-corrected chi connectivity index (χ1v) is 5.07. The zero-order valence-electron chi connectivity index (χ0n) is 8.83. The number of aromatic nitrogens is 4. The molecule has 3 aromatic rings. The van der Waals surface area contributed by atoms with E-state index in [1.54, 1.807) is 10.8 Å². The van der Waals surface area contributed by atoms with Crippen molar-refractivity contribution in [3.63, 3.8) is 0 Å². The molecule has 2 heterocycles. The lowest BCUT2D eigenvalue weighted by atomic mass is 10.1. The van der Waals surface area contributed by atoms with E-state index >= 15 is 0 Å². The van der Waals surface area contributed by atoms with E-state index in [0.717, 1.165) is 16.9 Å². The van der Waals surface area contributed by atoms with Crippen LogP contribution in [-0.4, -0.2) is 19.8 Å². The molecular formula is C12H10N4. The molecule has 78 valence electrons. The molecule has 0 saturated heterocycles. The van der Waals surface area contributed by atoms with Crippen molar-refractivity contribution in [2.75, 3.05) is 0 Å². The maximum absolute atomic E-state index is 4.43. The first-order chi connectivity index (χ1) is 7.83. The van der Waals surface area contributed by atoms with Crippen LogP contribution >= 0.6 is 0 Å². The van der Waals surface area contributed by atoms with E-state index in [1.165, 1.54) is 5.56 Å². The number of nitrogens with zero attached hydrogens (tertiary/aromatic N) is 4. The van der Waals surface area contributed by atoms with Gasteiger partial charge < -0.3 is 0 Å². The van der Waals surface area contributed by atoms with Crippen molar-refractivity contribution in [2.45, 2.75) is 6.92 Å². The highest BCUT2D eigenvalue weighted by Crippen LogP contribution is 2.17. The van der Waals surface area contributed by atoms with Gasteiger partial charge in [0.05, 0.1) is 5.69 Å². The normalized spacial score (nSPS) is 10.8. The Labute approximate surface area is 92.6 Å². The van der Waals surface area contributed by atoms with Gasteiger partial charge in [0.1, 0.15) is 6.33 Å². The number of aryl methyl sites for hydroxylation is 1. The summed E-state index contributed by atoms with van der Waals surface area (Å²) in [4.78, 5) is 0. The van der Waals surface area contributed by atoms with E-state index in [9.17, 15) is 0 Å². The zero-order chi connectivity index (χ0) is 11.0. The average Bonchev–Trinajstić information content (AvgIpc) is 2.77. The van der Waals surface area contributed by atoms with Gasteiger partial charge >= 0.3 is 0 Å². The Hall–Kier alpha value is -2.23. The molecule has 0 aliphatic rings. The van der Waals surface area contributed by atoms with Crippen LogP contribution in [0.15, 0.2) is 42.7 Å². The van der Waals surface area contributed by atoms with Crippen molar-refractivity contribution >= 4 is 5.65 Å². The Morgan fingerprint density at radius 2 is 1.81 bits per heavy atom. The van der Waals surface area contributed by atoms with Crippen molar-refractivity contribution < 1.29 is 0 Å². The molecule has 0 fully saturated rings. The standard InChI is InChI=1S/C12H10N4/c1-9-2-4-10(5-3-9)11-6-7-12-14-13-8-16(12)15-11/h2-8H,1H3. The molecule has 0 N–H and O–H groups in total. The summed E-state index contributed by atoms with van der Waals surface area (Å²) in [5.74, 6) is 0. The Morgan fingerprint density at radius 3 is 2.62 bits per heavy atom. The fourth-order valence-electron chi connectivity index (χ4n) is 1.61. The quantitative estimate of drug-likeness (QED) is 0.617. The molecule has 0 amide bonds. The number of fused-ring (bicyclic) bond motifs is 1. The number of rotatable bonds is 1. The van der Waals surface area contributed by atoms with Crippen molar-refractivity contribution in [1.29, 1.82) is 0 Å². The summed E-state index contributed by atoms with van der Waals surface area (Å²) in [7, 11) is 0. The van der Waals surface area contributed by atoms with Gasteiger partial charge in [-0.05, 0) is 19.1 Å². The Balaban J connectivity index is 2.14. The summed E-state index contributed by atoms with van der Waals surface area (Å²) in [6.45, 7) is 2.07. The zero-order valence-corrected chi connectivity index (χ0v) is 8.83. The lowest BCUT2D eigenvalue weighted by Crippen LogP contribution is -1.92. The van der Waals surface area contributed by atoms with E-state index in [4.69, 9.17) is 0 Å². The topological polar surface area (TPSA) is 43.1 Å². The Bertz CT molecular complexity index is 625. The van der Waals surface area contributed by atoms with Gasteiger partial charge in [-0.15, -0.1) is 10.2 Å². The van der Waals surface area contributed by atoms with Crippen molar-refractivity contribution in [1.82, 2.24) is 19.8 Å². The van der Waals surface area contributed by atoms with Crippen molar-refractivity contribution in [3.05, 3.63) is 48.3 Å². The minimum atomic E-state index is 0.760. The molecule has 0 aliphatic carbocycles. The molecule has 4 heteroatoms. The predicted molar refractivity (Wildman–Crippen MR) is 61.0 cm³/mol. The Morgan fingerprint density at radius 1 is 1.00 bits per heavy atom. The lowest BCUT2D eigenvalue weighted by molar-refractivity contribution is 0.932. The minimum absolute atomic E-state index is 0.760. The van der Waals surface area contributed by atoms with Crippen LogP contribution in [0.3, 0.4) is 0 Å². The predicted octanol–water partition coefficient (Wildman–Crippen LogP) is 2.10. The summed E-state index contributed by atoms with van der Waals surface area (Å²) in [5, 5.41) is 12.1.